The molecule has 0 radical (unpaired) electrons. The van der Waals surface area contributed by atoms with Gasteiger partial charge >= 0.3 is 0 Å². The summed E-state index contributed by atoms with van der Waals surface area (Å²) in [6.07, 6.45) is 3.64. The zero-order chi connectivity index (χ0) is 15.9. The van der Waals surface area contributed by atoms with Crippen LogP contribution >= 0.6 is 0 Å². The minimum atomic E-state index is -3.11. The van der Waals surface area contributed by atoms with Crippen molar-refractivity contribution in [2.24, 2.45) is 0 Å². The summed E-state index contributed by atoms with van der Waals surface area (Å²) in [4.78, 5) is 0.365. The number of unbranched alkanes of at least 4 members (excludes halogenated alkanes) is 1. The van der Waals surface area contributed by atoms with E-state index in [1.165, 1.54) is 6.26 Å². The fourth-order valence-corrected chi connectivity index (χ4v) is 2.62. The fourth-order valence-electron chi connectivity index (χ4n) is 1.99. The second-order valence-corrected chi connectivity index (χ2v) is 7.66. The van der Waals surface area contributed by atoms with Crippen molar-refractivity contribution in [1.82, 2.24) is 5.32 Å². The summed E-state index contributed by atoms with van der Waals surface area (Å²) in [7, 11) is -3.11. The van der Waals surface area contributed by atoms with Gasteiger partial charge in [-0.3, -0.25) is 0 Å². The maximum absolute atomic E-state index is 11.4. The Hall–Kier alpha value is -0.910. The number of hydrogen-bond acceptors (Lipinski definition) is 4. The number of benzene rings is 1. The molecule has 120 valence electrons. The van der Waals surface area contributed by atoms with Gasteiger partial charge in [-0.1, -0.05) is 12.1 Å². The van der Waals surface area contributed by atoms with Crippen LogP contribution in [0.3, 0.4) is 0 Å². The zero-order valence-corrected chi connectivity index (χ0v) is 14.2. The average molecular weight is 313 g/mol. The first-order valence-electron chi connectivity index (χ1n) is 7.45. The van der Waals surface area contributed by atoms with Crippen molar-refractivity contribution < 1.29 is 13.2 Å². The molecule has 0 heterocycles. The molecular weight excluding hydrogens is 286 g/mol. The van der Waals surface area contributed by atoms with Gasteiger partial charge < -0.3 is 10.1 Å². The lowest BCUT2D eigenvalue weighted by Gasteiger charge is -2.15. The Kier molecular flexibility index (Phi) is 7.35. The van der Waals surface area contributed by atoms with Gasteiger partial charge in [-0.15, -0.1) is 0 Å². The molecule has 0 saturated heterocycles. The molecule has 0 bridgehead atoms. The van der Waals surface area contributed by atoms with E-state index in [0.717, 1.165) is 31.6 Å². The molecule has 0 aliphatic carbocycles. The van der Waals surface area contributed by atoms with Crippen molar-refractivity contribution in [2.75, 3.05) is 19.4 Å². The summed E-state index contributed by atoms with van der Waals surface area (Å²) in [5, 5.41) is 3.44. The quantitative estimate of drug-likeness (QED) is 0.712. The highest BCUT2D eigenvalue weighted by molar-refractivity contribution is 7.90. The molecule has 5 heteroatoms. The van der Waals surface area contributed by atoms with Gasteiger partial charge in [0.2, 0.25) is 0 Å². The largest absolute Gasteiger partial charge is 0.379 e. The van der Waals surface area contributed by atoms with E-state index in [4.69, 9.17) is 4.74 Å². The Balaban J connectivity index is 2.34. The molecule has 1 aromatic carbocycles. The number of ether oxygens (including phenoxy) is 1. The van der Waals surface area contributed by atoms with Crippen LogP contribution < -0.4 is 5.32 Å². The van der Waals surface area contributed by atoms with Crippen molar-refractivity contribution in [3.8, 4) is 0 Å². The fraction of sp³-hybridized carbons (Fsp3) is 0.625. The highest BCUT2D eigenvalue weighted by atomic mass is 32.2. The first kappa shape index (κ1) is 18.1. The molecule has 1 aromatic rings. The number of hydrogen-bond donors (Lipinski definition) is 1. The zero-order valence-electron chi connectivity index (χ0n) is 13.4. The molecule has 0 saturated carbocycles. The molecule has 21 heavy (non-hydrogen) atoms. The van der Waals surface area contributed by atoms with Crippen molar-refractivity contribution in [3.63, 3.8) is 0 Å². The van der Waals surface area contributed by atoms with Crippen LogP contribution in [0.25, 0.3) is 0 Å². The van der Waals surface area contributed by atoms with E-state index in [9.17, 15) is 8.42 Å². The molecule has 0 aliphatic rings. The van der Waals surface area contributed by atoms with Crippen LogP contribution in [0.2, 0.25) is 0 Å². The molecule has 0 amide bonds. The molecule has 0 spiro atoms. The number of rotatable bonds is 9. The van der Waals surface area contributed by atoms with Gasteiger partial charge in [0.05, 0.1) is 11.0 Å². The van der Waals surface area contributed by atoms with E-state index in [1.807, 2.05) is 26.0 Å². The highest BCUT2D eigenvalue weighted by Crippen LogP contribution is 2.16. The maximum Gasteiger partial charge on any atom is 0.175 e. The van der Waals surface area contributed by atoms with Crippen molar-refractivity contribution in [2.45, 2.75) is 50.7 Å². The van der Waals surface area contributed by atoms with Crippen molar-refractivity contribution in [3.05, 3.63) is 29.8 Å². The molecular formula is C16H27NO3S. The molecule has 1 unspecified atom stereocenters. The van der Waals surface area contributed by atoms with Gasteiger partial charge in [-0.05, 0) is 57.9 Å². The average Bonchev–Trinajstić information content (AvgIpc) is 2.41. The van der Waals surface area contributed by atoms with E-state index in [1.54, 1.807) is 12.1 Å². The predicted octanol–water partition coefficient (Wildman–Crippen LogP) is 2.95. The first-order chi connectivity index (χ1) is 9.80. The molecule has 1 atom stereocenters. The molecule has 1 N–H and O–H groups in total. The normalized spacial score (nSPS) is 13.6. The van der Waals surface area contributed by atoms with Gasteiger partial charge in [-0.25, -0.2) is 8.42 Å². The summed E-state index contributed by atoms with van der Waals surface area (Å²) < 4.78 is 28.3. The smallest absolute Gasteiger partial charge is 0.175 e. The molecule has 1 rings (SSSR count). The van der Waals surface area contributed by atoms with Gasteiger partial charge in [-0.2, -0.15) is 0 Å². The molecule has 0 fully saturated rings. The van der Waals surface area contributed by atoms with Crippen LogP contribution in [0.4, 0.5) is 0 Å². The minimum absolute atomic E-state index is 0.213. The Labute approximate surface area is 128 Å². The minimum Gasteiger partial charge on any atom is -0.379 e. The van der Waals surface area contributed by atoms with Crippen LogP contribution in [0.5, 0.6) is 0 Å². The van der Waals surface area contributed by atoms with E-state index in [-0.39, 0.29) is 6.04 Å². The molecule has 0 aromatic heterocycles. The second kappa shape index (κ2) is 8.51. The lowest BCUT2D eigenvalue weighted by molar-refractivity contribution is 0.0759. The van der Waals surface area contributed by atoms with Crippen molar-refractivity contribution in [1.29, 1.82) is 0 Å². The first-order valence-corrected chi connectivity index (χ1v) is 9.35. The lowest BCUT2D eigenvalue weighted by Crippen LogP contribution is -2.20. The maximum atomic E-state index is 11.4. The van der Waals surface area contributed by atoms with Gasteiger partial charge in [0, 0.05) is 18.9 Å². The predicted molar refractivity (Wildman–Crippen MR) is 86.3 cm³/mol. The Morgan fingerprint density at radius 1 is 1.10 bits per heavy atom. The van der Waals surface area contributed by atoms with E-state index in [0.29, 0.717) is 11.0 Å². The van der Waals surface area contributed by atoms with Gasteiger partial charge in [0.1, 0.15) is 0 Å². The van der Waals surface area contributed by atoms with Gasteiger partial charge in [0.25, 0.3) is 0 Å². The third-order valence-corrected chi connectivity index (χ3v) is 4.41. The van der Waals surface area contributed by atoms with E-state index in [2.05, 4.69) is 12.2 Å². The number of sulfone groups is 1. The highest BCUT2D eigenvalue weighted by Gasteiger charge is 2.09. The lowest BCUT2D eigenvalue weighted by atomic mass is 10.1. The van der Waals surface area contributed by atoms with Crippen LogP contribution in [0, 0.1) is 0 Å². The topological polar surface area (TPSA) is 55.4 Å². The van der Waals surface area contributed by atoms with E-state index < -0.39 is 9.84 Å². The van der Waals surface area contributed by atoms with E-state index >= 15 is 0 Å². The third-order valence-electron chi connectivity index (χ3n) is 3.28. The Bertz CT molecular complexity index is 509. The SMILES string of the molecule is CC(C)OCCCCNC(C)c1ccc(S(C)(=O)=O)cc1. The monoisotopic (exact) mass is 313 g/mol. The summed E-state index contributed by atoms with van der Waals surface area (Å²) in [5.41, 5.74) is 1.10. The second-order valence-electron chi connectivity index (χ2n) is 5.64. The van der Waals surface area contributed by atoms with Crippen molar-refractivity contribution >= 4 is 9.84 Å². The Morgan fingerprint density at radius 3 is 2.24 bits per heavy atom. The van der Waals surface area contributed by atoms with Gasteiger partial charge in [0.15, 0.2) is 9.84 Å². The third kappa shape index (κ3) is 7.07. The van der Waals surface area contributed by atoms with Crippen LogP contribution in [0.1, 0.15) is 45.2 Å². The summed E-state index contributed by atoms with van der Waals surface area (Å²) in [5.74, 6) is 0. The summed E-state index contributed by atoms with van der Waals surface area (Å²) in [6.45, 7) is 7.90. The molecule has 4 nitrogen and oxygen atoms in total. The molecule has 0 aliphatic heterocycles. The van der Waals surface area contributed by atoms with Crippen LogP contribution in [-0.4, -0.2) is 33.9 Å². The Morgan fingerprint density at radius 2 is 1.71 bits per heavy atom. The standard InChI is InChI=1S/C16H27NO3S/c1-13(2)20-12-6-5-11-17-14(3)15-7-9-16(10-8-15)21(4,18)19/h7-10,13-14,17H,5-6,11-12H2,1-4H3. The number of nitrogens with one attached hydrogen (secondary N) is 1. The summed E-state index contributed by atoms with van der Waals surface area (Å²) in [6, 6.07) is 7.29. The van der Waals surface area contributed by atoms with Crippen LogP contribution in [0.15, 0.2) is 29.2 Å². The summed E-state index contributed by atoms with van der Waals surface area (Å²) >= 11 is 0. The van der Waals surface area contributed by atoms with Crippen LogP contribution in [-0.2, 0) is 14.6 Å².